The molecule has 1 aromatic heterocycles. The Labute approximate surface area is 189 Å². The smallest absolute Gasteiger partial charge is 0.194 e. The summed E-state index contributed by atoms with van der Waals surface area (Å²) in [5.74, 6) is 2.69. The second-order valence-electron chi connectivity index (χ2n) is 7.46. The van der Waals surface area contributed by atoms with Crippen LogP contribution in [0.1, 0.15) is 17.2 Å². The number of aliphatic imine (C=N–C) groups is 1. The van der Waals surface area contributed by atoms with Crippen LogP contribution in [0, 0.1) is 6.92 Å². The van der Waals surface area contributed by atoms with Crippen LogP contribution in [0.2, 0.25) is 0 Å². The highest BCUT2D eigenvalue weighted by Gasteiger charge is 2.41. The van der Waals surface area contributed by atoms with E-state index in [1.165, 1.54) is 5.56 Å². The zero-order valence-electron chi connectivity index (χ0n) is 17.3. The van der Waals surface area contributed by atoms with E-state index in [9.17, 15) is 0 Å². The Morgan fingerprint density at radius 3 is 2.72 bits per heavy atom. The molecule has 0 radical (unpaired) electrons. The molecule has 8 nitrogen and oxygen atoms in total. The number of guanidine groups is 1. The Morgan fingerprint density at radius 2 is 2.03 bits per heavy atom. The van der Waals surface area contributed by atoms with E-state index in [-0.39, 0.29) is 30.1 Å². The number of halogens is 1. The number of ether oxygens (including phenoxy) is 1. The van der Waals surface area contributed by atoms with Crippen molar-refractivity contribution in [3.05, 3.63) is 47.5 Å². The number of rotatable bonds is 4. The molecule has 0 aliphatic carbocycles. The van der Waals surface area contributed by atoms with Crippen molar-refractivity contribution in [1.29, 1.82) is 0 Å². The van der Waals surface area contributed by atoms with Crippen LogP contribution in [0.25, 0.3) is 0 Å². The van der Waals surface area contributed by atoms with Crippen LogP contribution in [0.5, 0.6) is 0 Å². The van der Waals surface area contributed by atoms with E-state index < -0.39 is 0 Å². The minimum atomic E-state index is 0. The number of nitrogens with one attached hydrogen (secondary N) is 1. The van der Waals surface area contributed by atoms with E-state index in [1.54, 1.807) is 0 Å². The van der Waals surface area contributed by atoms with Gasteiger partial charge in [-0.1, -0.05) is 30.3 Å². The van der Waals surface area contributed by atoms with Gasteiger partial charge in [-0.3, -0.25) is 9.89 Å². The fourth-order valence-corrected chi connectivity index (χ4v) is 4.04. The maximum Gasteiger partial charge on any atom is 0.194 e. The monoisotopic (exact) mass is 511 g/mol. The van der Waals surface area contributed by atoms with Gasteiger partial charge in [0.15, 0.2) is 11.8 Å². The van der Waals surface area contributed by atoms with Gasteiger partial charge in [0.25, 0.3) is 0 Å². The van der Waals surface area contributed by atoms with Crippen molar-refractivity contribution in [3.8, 4) is 0 Å². The van der Waals surface area contributed by atoms with Crippen molar-refractivity contribution in [2.24, 2.45) is 12.0 Å². The number of hydrogen-bond donors (Lipinski definition) is 1. The average molecular weight is 511 g/mol. The van der Waals surface area contributed by atoms with Gasteiger partial charge < -0.3 is 19.5 Å². The summed E-state index contributed by atoms with van der Waals surface area (Å²) >= 11 is 0. The third kappa shape index (κ3) is 4.89. The first-order chi connectivity index (χ1) is 13.7. The first-order valence-electron chi connectivity index (χ1n) is 9.85. The van der Waals surface area contributed by atoms with Gasteiger partial charge in [-0.15, -0.1) is 34.2 Å². The predicted molar refractivity (Wildman–Crippen MR) is 123 cm³/mol. The van der Waals surface area contributed by atoms with E-state index in [2.05, 4.69) is 60.6 Å². The van der Waals surface area contributed by atoms with Gasteiger partial charge in [-0.05, 0) is 12.5 Å². The third-order valence-corrected chi connectivity index (χ3v) is 5.74. The van der Waals surface area contributed by atoms with E-state index in [0.717, 1.165) is 50.4 Å². The molecule has 158 valence electrons. The van der Waals surface area contributed by atoms with Crippen LogP contribution in [-0.4, -0.2) is 76.0 Å². The average Bonchev–Trinajstić information content (AvgIpc) is 3.28. The molecule has 2 unspecified atom stereocenters. The molecule has 1 N–H and O–H groups in total. The van der Waals surface area contributed by atoms with Crippen LogP contribution in [0.3, 0.4) is 0 Å². The lowest BCUT2D eigenvalue weighted by molar-refractivity contribution is -0.0502. The van der Waals surface area contributed by atoms with Crippen LogP contribution >= 0.6 is 24.0 Å². The second kappa shape index (κ2) is 9.86. The molecule has 0 bridgehead atoms. The van der Waals surface area contributed by atoms with Crippen molar-refractivity contribution in [2.45, 2.75) is 32.2 Å². The molecule has 29 heavy (non-hydrogen) atoms. The van der Waals surface area contributed by atoms with Gasteiger partial charge in [0.1, 0.15) is 5.82 Å². The summed E-state index contributed by atoms with van der Waals surface area (Å²) < 4.78 is 8.08. The number of benzene rings is 1. The molecule has 2 aliphatic rings. The summed E-state index contributed by atoms with van der Waals surface area (Å²) in [5.41, 5.74) is 1.35. The molecule has 2 saturated heterocycles. The zero-order chi connectivity index (χ0) is 19.5. The van der Waals surface area contributed by atoms with Crippen LogP contribution < -0.4 is 5.32 Å². The van der Waals surface area contributed by atoms with Crippen LogP contribution in [0.15, 0.2) is 35.3 Å². The number of fused-ring (bicyclic) bond motifs is 1. The molecule has 0 saturated carbocycles. The quantitative estimate of drug-likeness (QED) is 0.381. The lowest BCUT2D eigenvalue weighted by Gasteiger charge is -2.36. The largest absolute Gasteiger partial charge is 0.373 e. The standard InChI is InChI=1S/C20H29N7O.HI/c1-15-23-24-19(25(15)3)11-22-20(21-2)27-13-17-18(14-27)28-10-9-26(17)12-16-7-5-4-6-8-16;/h4-8,17-18H,9-14H2,1-3H3,(H,21,22);1H. The van der Waals surface area contributed by atoms with Gasteiger partial charge in [0, 0.05) is 40.3 Å². The molecular formula is C20H30IN7O. The molecule has 0 spiro atoms. The van der Waals surface area contributed by atoms with Gasteiger partial charge in [0.05, 0.1) is 25.3 Å². The lowest BCUT2D eigenvalue weighted by Crippen LogP contribution is -2.50. The number of morpholine rings is 1. The van der Waals surface area contributed by atoms with Crippen molar-refractivity contribution >= 4 is 29.9 Å². The Balaban J connectivity index is 0.00000240. The molecule has 2 aliphatic heterocycles. The number of aryl methyl sites for hydroxylation is 1. The topological polar surface area (TPSA) is 70.8 Å². The summed E-state index contributed by atoms with van der Waals surface area (Å²) in [7, 11) is 3.81. The van der Waals surface area contributed by atoms with E-state index >= 15 is 0 Å². The number of aromatic nitrogens is 3. The molecule has 4 rings (SSSR count). The van der Waals surface area contributed by atoms with Crippen LogP contribution in [0.4, 0.5) is 0 Å². The second-order valence-corrected chi connectivity index (χ2v) is 7.46. The molecule has 1 aromatic carbocycles. The molecule has 2 atom stereocenters. The summed E-state index contributed by atoms with van der Waals surface area (Å²) in [5, 5.41) is 11.8. The highest BCUT2D eigenvalue weighted by Crippen LogP contribution is 2.24. The van der Waals surface area contributed by atoms with Crippen molar-refractivity contribution in [3.63, 3.8) is 0 Å². The first-order valence-corrected chi connectivity index (χ1v) is 9.85. The number of likely N-dealkylation sites (tertiary alicyclic amines) is 1. The molecule has 3 heterocycles. The van der Waals surface area contributed by atoms with Gasteiger partial charge in [-0.25, -0.2) is 0 Å². The molecule has 0 amide bonds. The fourth-order valence-electron chi connectivity index (χ4n) is 4.04. The Morgan fingerprint density at radius 1 is 1.24 bits per heavy atom. The van der Waals surface area contributed by atoms with Crippen molar-refractivity contribution < 1.29 is 4.74 Å². The Hall–Kier alpha value is -1.72. The molecular weight excluding hydrogens is 481 g/mol. The van der Waals surface area contributed by atoms with E-state index in [1.807, 2.05) is 25.6 Å². The van der Waals surface area contributed by atoms with Gasteiger partial charge in [-0.2, -0.15) is 0 Å². The van der Waals surface area contributed by atoms with E-state index in [0.29, 0.717) is 12.6 Å². The van der Waals surface area contributed by atoms with Gasteiger partial charge >= 0.3 is 0 Å². The highest BCUT2D eigenvalue weighted by molar-refractivity contribution is 14.0. The van der Waals surface area contributed by atoms with Crippen molar-refractivity contribution in [2.75, 3.05) is 33.3 Å². The molecule has 2 fully saturated rings. The Kier molecular flexibility index (Phi) is 7.47. The minimum absolute atomic E-state index is 0. The fraction of sp³-hybridized carbons (Fsp3) is 0.550. The summed E-state index contributed by atoms with van der Waals surface area (Å²) in [6, 6.07) is 11.0. The van der Waals surface area contributed by atoms with E-state index in [4.69, 9.17) is 4.74 Å². The minimum Gasteiger partial charge on any atom is -0.373 e. The molecule has 9 heteroatoms. The normalized spacial score (nSPS) is 22.3. The van der Waals surface area contributed by atoms with Crippen molar-refractivity contribution in [1.82, 2.24) is 29.9 Å². The lowest BCUT2D eigenvalue weighted by atomic mass is 10.1. The highest BCUT2D eigenvalue weighted by atomic mass is 127. The SMILES string of the molecule is CN=C(NCc1nnc(C)n1C)N1CC2OCCN(Cc3ccccc3)C2C1.I. The zero-order valence-corrected chi connectivity index (χ0v) is 19.6. The first kappa shape index (κ1) is 22.0. The predicted octanol–water partition coefficient (Wildman–Crippen LogP) is 1.40. The summed E-state index contributed by atoms with van der Waals surface area (Å²) in [4.78, 5) is 9.33. The maximum absolute atomic E-state index is 6.09. The number of hydrogen-bond acceptors (Lipinski definition) is 5. The number of nitrogens with zero attached hydrogens (tertiary/aromatic N) is 6. The van der Waals surface area contributed by atoms with Gasteiger partial charge in [0.2, 0.25) is 0 Å². The maximum atomic E-state index is 6.09. The summed E-state index contributed by atoms with van der Waals surface area (Å²) in [6.07, 6.45) is 0.216. The molecule has 2 aromatic rings. The Bertz CT molecular complexity index is 825. The summed E-state index contributed by atoms with van der Waals surface area (Å²) in [6.45, 7) is 7.03. The third-order valence-electron chi connectivity index (χ3n) is 5.74. The van der Waals surface area contributed by atoms with Crippen LogP contribution in [-0.2, 0) is 24.9 Å².